The molecule has 0 aromatic heterocycles. The third-order valence-electron chi connectivity index (χ3n) is 13.9. The summed E-state index contributed by atoms with van der Waals surface area (Å²) in [5.74, 6) is -0.275. The van der Waals surface area contributed by atoms with Gasteiger partial charge in [-0.15, -0.1) is 0 Å². The number of fused-ring (bicyclic) bond motifs is 2. The number of halogens is 1. The third kappa shape index (κ3) is 7.68. The van der Waals surface area contributed by atoms with Gasteiger partial charge in [-0.1, -0.05) is 196 Å². The molecule has 10 aromatic rings. The first-order valence-corrected chi connectivity index (χ1v) is 30.1. The lowest BCUT2D eigenvalue weighted by Gasteiger charge is -2.36. The number of hydrogen-bond acceptors (Lipinski definition) is 2. The smallest absolute Gasteiger partial charge is 0.148 e. The van der Waals surface area contributed by atoms with E-state index in [0.717, 1.165) is 50.7 Å². The van der Waals surface area contributed by atoms with Gasteiger partial charge in [0, 0.05) is 34.0 Å². The highest BCUT2D eigenvalue weighted by molar-refractivity contribution is 7.03. The van der Waals surface area contributed by atoms with E-state index >= 15 is 4.39 Å². The first-order valence-electron chi connectivity index (χ1n) is 23.6. The molecular weight excluding hydrogens is 860 g/mol. The van der Waals surface area contributed by atoms with Crippen molar-refractivity contribution < 1.29 is 4.39 Å². The van der Waals surface area contributed by atoms with E-state index in [0.29, 0.717) is 5.69 Å². The van der Waals surface area contributed by atoms with E-state index in [1.54, 1.807) is 6.07 Å². The van der Waals surface area contributed by atoms with E-state index in [1.807, 2.05) is 66.7 Å². The van der Waals surface area contributed by atoms with E-state index in [1.165, 1.54) is 48.6 Å². The summed E-state index contributed by atoms with van der Waals surface area (Å²) in [6, 6.07) is 81.7. The second-order valence-electron chi connectivity index (χ2n) is 19.5. The SMILES string of the molecule is C[Si](C)(C)c1ccc(N(c2ccccc2)c2ccc(-c3ccc4c5c(cccc35)[Si](C)(C)c3cc(N(c5ccccc5)c5c(F)cc(-c6ccccc6)cc5-c5ccccc5)ccc3-4)cc2)cc1. The first-order chi connectivity index (χ1) is 33.0. The summed E-state index contributed by atoms with van der Waals surface area (Å²) in [4.78, 5) is 4.48. The van der Waals surface area contributed by atoms with E-state index in [-0.39, 0.29) is 5.82 Å². The van der Waals surface area contributed by atoms with Gasteiger partial charge in [0.15, 0.2) is 0 Å². The molecule has 10 aromatic carbocycles. The van der Waals surface area contributed by atoms with Crippen molar-refractivity contribution in [1.29, 1.82) is 0 Å². The number of benzene rings is 10. The summed E-state index contributed by atoms with van der Waals surface area (Å²) in [6.07, 6.45) is 0. The van der Waals surface area contributed by atoms with Gasteiger partial charge in [-0.25, -0.2) is 4.39 Å². The maximum atomic E-state index is 17.4. The van der Waals surface area contributed by atoms with Crippen molar-refractivity contribution in [1.82, 2.24) is 0 Å². The normalized spacial score (nSPS) is 12.7. The molecule has 0 bridgehead atoms. The van der Waals surface area contributed by atoms with E-state index < -0.39 is 16.1 Å². The monoisotopic (exact) mass is 912 g/mol. The van der Waals surface area contributed by atoms with Gasteiger partial charge in [0.2, 0.25) is 0 Å². The van der Waals surface area contributed by atoms with Crippen LogP contribution in [0.15, 0.2) is 231 Å². The fraction of sp³-hybridized carbons (Fsp3) is 0.0794. The van der Waals surface area contributed by atoms with Crippen LogP contribution in [0.5, 0.6) is 0 Å². The molecule has 0 N–H and O–H groups in total. The molecule has 330 valence electrons. The van der Waals surface area contributed by atoms with Crippen molar-refractivity contribution in [2.24, 2.45) is 0 Å². The number of hydrogen-bond donors (Lipinski definition) is 0. The zero-order valence-corrected chi connectivity index (χ0v) is 41.2. The summed E-state index contributed by atoms with van der Waals surface area (Å²) < 4.78 is 17.4. The number of para-hydroxylation sites is 2. The van der Waals surface area contributed by atoms with Gasteiger partial charge in [-0.05, 0) is 133 Å². The van der Waals surface area contributed by atoms with Crippen molar-refractivity contribution in [3.8, 4) is 44.5 Å². The van der Waals surface area contributed by atoms with Gasteiger partial charge < -0.3 is 9.80 Å². The molecule has 0 radical (unpaired) electrons. The molecule has 0 saturated heterocycles. The summed E-state index contributed by atoms with van der Waals surface area (Å²) in [5.41, 5.74) is 14.3. The molecular formula is C63H53FN2Si2. The van der Waals surface area contributed by atoms with Crippen LogP contribution in [-0.4, -0.2) is 16.1 Å². The predicted molar refractivity (Wildman–Crippen MR) is 295 cm³/mol. The molecule has 1 heterocycles. The number of rotatable bonds is 10. The summed E-state index contributed by atoms with van der Waals surface area (Å²) in [7, 11) is -3.79. The predicted octanol–water partition coefficient (Wildman–Crippen LogP) is 16.3. The Kier molecular flexibility index (Phi) is 10.9. The van der Waals surface area contributed by atoms with Crippen LogP contribution in [0.3, 0.4) is 0 Å². The summed E-state index contributed by atoms with van der Waals surface area (Å²) in [5, 5.41) is 6.82. The molecule has 0 spiro atoms. The summed E-state index contributed by atoms with van der Waals surface area (Å²) in [6.45, 7) is 12.1. The Morgan fingerprint density at radius 2 is 0.868 bits per heavy atom. The molecule has 11 rings (SSSR count). The van der Waals surface area contributed by atoms with Crippen molar-refractivity contribution >= 4 is 76.6 Å². The molecule has 5 heteroatoms. The third-order valence-corrected chi connectivity index (χ3v) is 19.5. The van der Waals surface area contributed by atoms with Crippen molar-refractivity contribution in [3.05, 3.63) is 236 Å². The summed E-state index contributed by atoms with van der Waals surface area (Å²) >= 11 is 0. The highest BCUT2D eigenvalue weighted by Crippen LogP contribution is 2.46. The zero-order valence-electron chi connectivity index (χ0n) is 39.2. The Morgan fingerprint density at radius 1 is 0.368 bits per heavy atom. The molecule has 68 heavy (non-hydrogen) atoms. The molecule has 0 atom stereocenters. The van der Waals surface area contributed by atoms with Gasteiger partial charge in [-0.2, -0.15) is 0 Å². The lowest BCUT2D eigenvalue weighted by Crippen LogP contribution is -2.56. The Morgan fingerprint density at radius 3 is 1.49 bits per heavy atom. The average Bonchev–Trinajstić information content (AvgIpc) is 3.37. The van der Waals surface area contributed by atoms with E-state index in [4.69, 9.17) is 0 Å². The van der Waals surface area contributed by atoms with Gasteiger partial charge in [0.1, 0.15) is 13.9 Å². The quantitative estimate of drug-likeness (QED) is 0.126. The number of anilines is 6. The lowest BCUT2D eigenvalue weighted by atomic mass is 9.91. The highest BCUT2D eigenvalue weighted by Gasteiger charge is 2.37. The minimum Gasteiger partial charge on any atom is -0.311 e. The Hall–Kier alpha value is -7.58. The number of nitrogens with zero attached hydrogens (tertiary/aromatic N) is 2. The fourth-order valence-corrected chi connectivity index (χ4v) is 14.6. The Labute approximate surface area is 402 Å². The van der Waals surface area contributed by atoms with E-state index in [9.17, 15) is 0 Å². The van der Waals surface area contributed by atoms with Crippen LogP contribution in [0.4, 0.5) is 38.5 Å². The van der Waals surface area contributed by atoms with Gasteiger partial charge in [0.25, 0.3) is 0 Å². The molecule has 0 aliphatic carbocycles. The van der Waals surface area contributed by atoms with E-state index in [2.05, 4.69) is 200 Å². The van der Waals surface area contributed by atoms with Crippen LogP contribution in [0.2, 0.25) is 32.7 Å². The largest absolute Gasteiger partial charge is 0.311 e. The molecule has 2 nitrogen and oxygen atoms in total. The lowest BCUT2D eigenvalue weighted by molar-refractivity contribution is 0.630. The topological polar surface area (TPSA) is 6.48 Å². The first kappa shape index (κ1) is 43.0. The van der Waals surface area contributed by atoms with Crippen molar-refractivity contribution in [2.75, 3.05) is 9.80 Å². The Bertz CT molecular complexity index is 3440. The van der Waals surface area contributed by atoms with Crippen LogP contribution in [0.1, 0.15) is 0 Å². The highest BCUT2D eigenvalue weighted by atomic mass is 28.3. The molecule has 0 saturated carbocycles. The van der Waals surface area contributed by atoms with Crippen LogP contribution in [0, 0.1) is 5.82 Å². The molecule has 1 aliphatic rings. The van der Waals surface area contributed by atoms with Crippen molar-refractivity contribution in [3.63, 3.8) is 0 Å². The van der Waals surface area contributed by atoms with Crippen LogP contribution in [-0.2, 0) is 0 Å². The van der Waals surface area contributed by atoms with Crippen LogP contribution < -0.4 is 25.4 Å². The molecule has 0 fully saturated rings. The molecule has 0 unspecified atom stereocenters. The second-order valence-corrected chi connectivity index (χ2v) is 28.9. The zero-order chi connectivity index (χ0) is 46.6. The fourth-order valence-electron chi connectivity index (χ4n) is 10.3. The van der Waals surface area contributed by atoms with Crippen LogP contribution in [0.25, 0.3) is 55.3 Å². The second kappa shape index (κ2) is 17.3. The maximum Gasteiger partial charge on any atom is 0.148 e. The minimum atomic E-state index is -2.35. The van der Waals surface area contributed by atoms with Gasteiger partial charge >= 0.3 is 0 Å². The van der Waals surface area contributed by atoms with Crippen LogP contribution >= 0.6 is 0 Å². The maximum absolute atomic E-state index is 17.4. The van der Waals surface area contributed by atoms with Gasteiger partial charge in [0.05, 0.1) is 13.8 Å². The minimum absolute atomic E-state index is 0.275. The van der Waals surface area contributed by atoms with Crippen molar-refractivity contribution in [2.45, 2.75) is 32.7 Å². The standard InChI is InChI=1S/C63H53FN2Si2/c1-67(2,3)53-36-33-51(34-37-53)65(48-23-14-8-15-24-48)50-31-29-46(30-32-50)54-39-40-57-55-38-35-52(43-61(55)68(4,5)60-28-18-27-56(54)62(57)60)66(49-25-16-9-17-26-49)63-58(45-21-12-7-13-22-45)41-47(42-59(63)64)44-19-10-6-11-20-44/h6-43H,1-5H3. The average molecular weight is 913 g/mol. The van der Waals surface area contributed by atoms with Gasteiger partial charge in [-0.3, -0.25) is 0 Å². The molecule has 1 aliphatic heterocycles. The Balaban J connectivity index is 1.02. The molecule has 0 amide bonds.